The first kappa shape index (κ1) is 9.89. The van der Waals surface area contributed by atoms with E-state index < -0.39 is 28.9 Å². The lowest BCUT2D eigenvalue weighted by molar-refractivity contribution is -0.139. The van der Waals surface area contributed by atoms with Crippen LogP contribution in [0.25, 0.3) is 6.08 Å². The van der Waals surface area contributed by atoms with Gasteiger partial charge in [-0.05, 0) is 17.7 Å². The normalized spacial score (nSPS) is 17.7. The molecule has 0 heterocycles. The van der Waals surface area contributed by atoms with Crippen LogP contribution in [0.3, 0.4) is 0 Å². The molecule has 0 atom stereocenters. The maximum absolute atomic E-state index is 13.2. The van der Waals surface area contributed by atoms with Crippen molar-refractivity contribution in [3.8, 4) is 0 Å². The maximum Gasteiger partial charge on any atom is 0.337 e. The summed E-state index contributed by atoms with van der Waals surface area (Å²) in [7, 11) is 0. The molecule has 0 saturated heterocycles. The summed E-state index contributed by atoms with van der Waals surface area (Å²) in [6.45, 7) is 0. The summed E-state index contributed by atoms with van der Waals surface area (Å²) in [5, 5.41) is 0. The summed E-state index contributed by atoms with van der Waals surface area (Å²) in [4.78, 5) is 10.8. The van der Waals surface area contributed by atoms with Crippen LogP contribution in [0.5, 0.6) is 0 Å². The number of hydrogen-bond acceptors (Lipinski definition) is 1. The minimum absolute atomic E-state index is 0.182. The van der Waals surface area contributed by atoms with Crippen molar-refractivity contribution < 1.29 is 22.4 Å². The van der Waals surface area contributed by atoms with Crippen molar-refractivity contribution in [3.63, 3.8) is 0 Å². The predicted octanol–water partition coefficient (Wildman–Crippen LogP) is 2.65. The third-order valence-corrected chi connectivity index (χ3v) is 2.16. The van der Waals surface area contributed by atoms with Crippen LogP contribution in [0.15, 0.2) is 18.2 Å². The van der Waals surface area contributed by atoms with Gasteiger partial charge in [0, 0.05) is 0 Å². The highest BCUT2D eigenvalue weighted by Crippen LogP contribution is 2.38. The topological polar surface area (TPSA) is 17.1 Å². The summed E-state index contributed by atoms with van der Waals surface area (Å²) >= 11 is 0. The molecule has 15 heavy (non-hydrogen) atoms. The van der Waals surface area contributed by atoms with Gasteiger partial charge in [-0.25, -0.2) is 8.78 Å². The number of fused-ring (bicyclic) bond motifs is 1. The number of alkyl halides is 2. The van der Waals surface area contributed by atoms with Gasteiger partial charge in [0.2, 0.25) is 5.78 Å². The highest BCUT2D eigenvalue weighted by molar-refractivity contribution is 6.02. The fourth-order valence-corrected chi connectivity index (χ4v) is 1.42. The molecular formula is C10H4F4O. The van der Waals surface area contributed by atoms with E-state index in [2.05, 4.69) is 0 Å². The van der Waals surface area contributed by atoms with Crippen LogP contribution in [0.4, 0.5) is 17.6 Å². The smallest absolute Gasteiger partial charge is 0.288 e. The van der Waals surface area contributed by atoms with Crippen molar-refractivity contribution >= 4 is 11.9 Å². The Morgan fingerprint density at radius 1 is 1.07 bits per heavy atom. The van der Waals surface area contributed by atoms with E-state index in [0.717, 1.165) is 18.2 Å². The number of carbonyl (C=O) groups excluding carboxylic acids is 1. The highest BCUT2D eigenvalue weighted by Gasteiger charge is 2.45. The summed E-state index contributed by atoms with van der Waals surface area (Å²) in [5.74, 6) is -8.60. The lowest BCUT2D eigenvalue weighted by Gasteiger charge is -2.20. The highest BCUT2D eigenvalue weighted by atomic mass is 19.3. The van der Waals surface area contributed by atoms with E-state index in [-0.39, 0.29) is 5.56 Å². The Bertz CT molecular complexity index is 477. The van der Waals surface area contributed by atoms with E-state index in [9.17, 15) is 22.4 Å². The van der Waals surface area contributed by atoms with Crippen molar-refractivity contribution in [2.24, 2.45) is 0 Å². The molecule has 0 spiro atoms. The van der Waals surface area contributed by atoms with Gasteiger partial charge in [0.25, 0.3) is 0 Å². The molecule has 2 rings (SSSR count). The van der Waals surface area contributed by atoms with E-state index in [1.54, 1.807) is 0 Å². The molecular weight excluding hydrogens is 212 g/mol. The van der Waals surface area contributed by atoms with Crippen LogP contribution in [0.2, 0.25) is 0 Å². The van der Waals surface area contributed by atoms with Crippen molar-refractivity contribution in [3.05, 3.63) is 41.0 Å². The van der Waals surface area contributed by atoms with E-state index in [1.807, 2.05) is 0 Å². The largest absolute Gasteiger partial charge is 0.337 e. The first-order valence-corrected chi connectivity index (χ1v) is 4.03. The van der Waals surface area contributed by atoms with Crippen LogP contribution >= 0.6 is 0 Å². The number of carbonyl (C=O) groups is 1. The molecule has 0 unspecified atom stereocenters. The minimum Gasteiger partial charge on any atom is -0.288 e. The number of hydrogen-bond donors (Lipinski definition) is 0. The van der Waals surface area contributed by atoms with Gasteiger partial charge >= 0.3 is 5.92 Å². The zero-order chi connectivity index (χ0) is 11.2. The zero-order valence-electron chi connectivity index (χ0n) is 7.23. The molecule has 0 fully saturated rings. The van der Waals surface area contributed by atoms with E-state index in [4.69, 9.17) is 0 Å². The Morgan fingerprint density at radius 3 is 2.40 bits per heavy atom. The molecule has 0 bridgehead atoms. The fraction of sp³-hybridized carbons (Fsp3) is 0.100. The first-order chi connectivity index (χ1) is 6.94. The molecule has 1 aliphatic rings. The molecule has 0 radical (unpaired) electrons. The first-order valence-electron chi connectivity index (χ1n) is 4.03. The number of rotatable bonds is 0. The van der Waals surface area contributed by atoms with Gasteiger partial charge in [0.15, 0.2) is 11.6 Å². The van der Waals surface area contributed by atoms with Crippen molar-refractivity contribution in [1.29, 1.82) is 0 Å². The van der Waals surface area contributed by atoms with E-state index in [1.165, 1.54) is 0 Å². The molecule has 0 aromatic heterocycles. The monoisotopic (exact) mass is 216 g/mol. The average molecular weight is 216 g/mol. The minimum atomic E-state index is -3.99. The van der Waals surface area contributed by atoms with Crippen LogP contribution in [0, 0.1) is 11.6 Å². The Labute approximate surface area is 82.0 Å². The standard InChI is InChI=1S/C10H4F4O/c11-6-3-1-5-2-4-7(15)10(13,14)8(5)9(6)12/h1-4H. The Hall–Kier alpha value is -1.65. The van der Waals surface area contributed by atoms with Crippen LogP contribution in [0.1, 0.15) is 11.1 Å². The fourth-order valence-electron chi connectivity index (χ4n) is 1.42. The molecule has 1 nitrogen and oxygen atoms in total. The Balaban J connectivity index is 2.79. The Kier molecular flexibility index (Phi) is 1.92. The zero-order valence-corrected chi connectivity index (χ0v) is 7.23. The van der Waals surface area contributed by atoms with E-state index in [0.29, 0.717) is 6.08 Å². The van der Waals surface area contributed by atoms with Crippen molar-refractivity contribution in [1.82, 2.24) is 0 Å². The van der Waals surface area contributed by atoms with Crippen molar-refractivity contribution in [2.75, 3.05) is 0 Å². The van der Waals surface area contributed by atoms with Gasteiger partial charge < -0.3 is 0 Å². The number of halogens is 4. The van der Waals surface area contributed by atoms with Gasteiger partial charge in [-0.2, -0.15) is 8.78 Å². The number of allylic oxidation sites excluding steroid dienone is 1. The SMILES string of the molecule is O=C1C=Cc2ccc(F)c(F)c2C1(F)F. The van der Waals surface area contributed by atoms with Crippen LogP contribution in [-0.4, -0.2) is 5.78 Å². The molecule has 1 aromatic carbocycles. The average Bonchev–Trinajstić information content (AvgIpc) is 2.17. The molecule has 5 heteroatoms. The number of benzene rings is 1. The molecule has 0 saturated carbocycles. The molecule has 78 valence electrons. The molecule has 0 aliphatic heterocycles. The summed E-state index contributed by atoms with van der Waals surface area (Å²) < 4.78 is 52.3. The molecule has 0 amide bonds. The van der Waals surface area contributed by atoms with Crippen LogP contribution in [-0.2, 0) is 10.7 Å². The van der Waals surface area contributed by atoms with Gasteiger partial charge in [-0.3, -0.25) is 4.79 Å². The molecule has 1 aromatic rings. The van der Waals surface area contributed by atoms with E-state index >= 15 is 0 Å². The number of ketones is 1. The Morgan fingerprint density at radius 2 is 1.73 bits per heavy atom. The van der Waals surface area contributed by atoms with Gasteiger partial charge in [-0.1, -0.05) is 12.1 Å². The van der Waals surface area contributed by atoms with Gasteiger partial charge in [0.1, 0.15) is 0 Å². The summed E-state index contributed by atoms with van der Waals surface area (Å²) in [5.41, 5.74) is -1.37. The lowest BCUT2D eigenvalue weighted by atomic mass is 9.92. The van der Waals surface area contributed by atoms with Gasteiger partial charge in [0.05, 0.1) is 5.56 Å². The maximum atomic E-state index is 13.2. The molecule has 0 N–H and O–H groups in total. The van der Waals surface area contributed by atoms with Gasteiger partial charge in [-0.15, -0.1) is 0 Å². The summed E-state index contributed by atoms with van der Waals surface area (Å²) in [6, 6.07) is 1.75. The third-order valence-electron chi connectivity index (χ3n) is 2.16. The second-order valence-electron chi connectivity index (χ2n) is 3.10. The third kappa shape index (κ3) is 1.26. The predicted molar refractivity (Wildman–Crippen MR) is 44.3 cm³/mol. The van der Waals surface area contributed by atoms with Crippen LogP contribution < -0.4 is 0 Å². The lowest BCUT2D eigenvalue weighted by Crippen LogP contribution is -2.29. The summed E-state index contributed by atoms with van der Waals surface area (Å²) in [6.07, 6.45) is 1.69. The molecule has 1 aliphatic carbocycles. The van der Waals surface area contributed by atoms with Crippen molar-refractivity contribution in [2.45, 2.75) is 5.92 Å². The quantitative estimate of drug-likeness (QED) is 0.609. The second kappa shape index (κ2) is 2.92. The second-order valence-corrected chi connectivity index (χ2v) is 3.10.